The van der Waals surface area contributed by atoms with Crippen LogP contribution < -0.4 is 10.6 Å². The van der Waals surface area contributed by atoms with Crippen molar-refractivity contribution in [3.8, 4) is 0 Å². The van der Waals surface area contributed by atoms with Crippen LogP contribution in [0.4, 0.5) is 4.79 Å². The average Bonchev–Trinajstić information content (AvgIpc) is 2.42. The predicted octanol–water partition coefficient (Wildman–Crippen LogP) is 3.93. The number of hydrogen-bond acceptors (Lipinski definition) is 3. The molecule has 0 saturated heterocycles. The molecule has 1 aromatic rings. The van der Waals surface area contributed by atoms with Gasteiger partial charge < -0.3 is 15.4 Å². The van der Waals surface area contributed by atoms with Gasteiger partial charge in [-0.3, -0.25) is 4.79 Å². The molecule has 2 amide bonds. The number of alkyl carbamates (subject to hydrolysis) is 1. The quantitative estimate of drug-likeness (QED) is 0.730. The number of rotatable bonds is 6. The summed E-state index contributed by atoms with van der Waals surface area (Å²) in [6.45, 7) is 7.78. The number of halogens is 1. The number of amides is 2. The van der Waals surface area contributed by atoms with Gasteiger partial charge in [-0.25, -0.2) is 4.79 Å². The first-order valence-electron chi connectivity index (χ1n) is 7.69. The zero-order chi connectivity index (χ0) is 17.5. The van der Waals surface area contributed by atoms with Crippen LogP contribution in [0.15, 0.2) is 28.7 Å². The zero-order valence-corrected chi connectivity index (χ0v) is 15.7. The van der Waals surface area contributed by atoms with Crippen molar-refractivity contribution in [2.24, 2.45) is 0 Å². The van der Waals surface area contributed by atoms with Gasteiger partial charge in [-0.05, 0) is 51.8 Å². The minimum atomic E-state index is -0.512. The molecule has 1 unspecified atom stereocenters. The summed E-state index contributed by atoms with van der Waals surface area (Å²) in [6, 6.07) is 7.79. The summed E-state index contributed by atoms with van der Waals surface area (Å²) in [7, 11) is 0. The molecule has 0 saturated carbocycles. The minimum Gasteiger partial charge on any atom is -0.444 e. The number of benzene rings is 1. The lowest BCUT2D eigenvalue weighted by atomic mass is 10.1. The van der Waals surface area contributed by atoms with Crippen LogP contribution in [0.5, 0.6) is 0 Å². The predicted molar refractivity (Wildman–Crippen MR) is 94.2 cm³/mol. The molecule has 128 valence electrons. The number of nitrogens with one attached hydrogen (secondary N) is 2. The molecule has 1 aromatic carbocycles. The standard InChI is InChI=1S/C17H25BrN2O3/c1-12(13-7-9-14(18)10-8-13)20-15(21)6-5-11-19-16(22)23-17(2,3)4/h7-10,12H,5-6,11H2,1-4H3,(H,19,22)(H,20,21). The van der Waals surface area contributed by atoms with Crippen molar-refractivity contribution < 1.29 is 14.3 Å². The van der Waals surface area contributed by atoms with Gasteiger partial charge in [0.15, 0.2) is 0 Å². The Morgan fingerprint density at radius 1 is 1.22 bits per heavy atom. The van der Waals surface area contributed by atoms with Gasteiger partial charge in [0.2, 0.25) is 5.91 Å². The van der Waals surface area contributed by atoms with Crippen molar-refractivity contribution in [2.45, 2.75) is 52.2 Å². The van der Waals surface area contributed by atoms with Gasteiger partial charge in [-0.15, -0.1) is 0 Å². The number of hydrogen-bond donors (Lipinski definition) is 2. The van der Waals surface area contributed by atoms with Gasteiger partial charge in [-0.1, -0.05) is 28.1 Å². The zero-order valence-electron chi connectivity index (χ0n) is 14.1. The van der Waals surface area contributed by atoms with Crippen molar-refractivity contribution in [1.82, 2.24) is 10.6 Å². The van der Waals surface area contributed by atoms with Gasteiger partial charge in [-0.2, -0.15) is 0 Å². The summed E-state index contributed by atoms with van der Waals surface area (Å²) >= 11 is 3.39. The highest BCUT2D eigenvalue weighted by Gasteiger charge is 2.15. The summed E-state index contributed by atoms with van der Waals surface area (Å²) in [5, 5.41) is 5.58. The monoisotopic (exact) mass is 384 g/mol. The van der Waals surface area contributed by atoms with Crippen LogP contribution in [0.2, 0.25) is 0 Å². The highest BCUT2D eigenvalue weighted by molar-refractivity contribution is 9.10. The molecule has 0 fully saturated rings. The molecular weight excluding hydrogens is 360 g/mol. The van der Waals surface area contributed by atoms with E-state index in [1.165, 1.54) is 0 Å². The molecule has 0 aromatic heterocycles. The van der Waals surface area contributed by atoms with E-state index >= 15 is 0 Å². The second kappa shape index (κ2) is 8.91. The summed E-state index contributed by atoms with van der Waals surface area (Å²) < 4.78 is 6.13. The third kappa shape index (κ3) is 8.59. The van der Waals surface area contributed by atoms with Crippen LogP contribution in [0, 0.1) is 0 Å². The molecule has 1 atom stereocenters. The fourth-order valence-corrected chi connectivity index (χ4v) is 2.17. The third-order valence-corrected chi connectivity index (χ3v) is 3.53. The van der Waals surface area contributed by atoms with Crippen LogP contribution in [0.3, 0.4) is 0 Å². The third-order valence-electron chi connectivity index (χ3n) is 3.00. The van der Waals surface area contributed by atoms with E-state index < -0.39 is 11.7 Å². The molecule has 0 aliphatic carbocycles. The molecule has 23 heavy (non-hydrogen) atoms. The topological polar surface area (TPSA) is 67.4 Å². The molecule has 1 rings (SSSR count). The molecule has 0 aliphatic rings. The summed E-state index contributed by atoms with van der Waals surface area (Å²) in [5.41, 5.74) is 0.537. The fraction of sp³-hybridized carbons (Fsp3) is 0.529. The highest BCUT2D eigenvalue weighted by Crippen LogP contribution is 2.16. The van der Waals surface area contributed by atoms with Gasteiger partial charge in [0.1, 0.15) is 5.60 Å². The second-order valence-electron chi connectivity index (χ2n) is 6.37. The van der Waals surface area contributed by atoms with E-state index in [1.807, 2.05) is 52.0 Å². The van der Waals surface area contributed by atoms with E-state index in [0.29, 0.717) is 19.4 Å². The molecule has 0 bridgehead atoms. The van der Waals surface area contributed by atoms with E-state index in [0.717, 1.165) is 10.0 Å². The second-order valence-corrected chi connectivity index (χ2v) is 7.29. The molecule has 2 N–H and O–H groups in total. The average molecular weight is 385 g/mol. The lowest BCUT2D eigenvalue weighted by molar-refractivity contribution is -0.121. The maximum Gasteiger partial charge on any atom is 0.407 e. The van der Waals surface area contributed by atoms with Crippen molar-refractivity contribution in [3.05, 3.63) is 34.3 Å². The smallest absolute Gasteiger partial charge is 0.407 e. The molecular formula is C17H25BrN2O3. The van der Waals surface area contributed by atoms with Crippen molar-refractivity contribution in [2.75, 3.05) is 6.54 Å². The number of carbonyl (C=O) groups is 2. The van der Waals surface area contributed by atoms with Crippen LogP contribution in [0.1, 0.15) is 52.1 Å². The van der Waals surface area contributed by atoms with E-state index in [4.69, 9.17) is 4.74 Å². The Balaban J connectivity index is 2.24. The maximum absolute atomic E-state index is 11.9. The highest BCUT2D eigenvalue weighted by atomic mass is 79.9. The Bertz CT molecular complexity index is 524. The van der Waals surface area contributed by atoms with E-state index in [-0.39, 0.29) is 11.9 Å². The van der Waals surface area contributed by atoms with Crippen LogP contribution >= 0.6 is 15.9 Å². The minimum absolute atomic E-state index is 0.0357. The maximum atomic E-state index is 11.9. The van der Waals surface area contributed by atoms with E-state index in [2.05, 4.69) is 26.6 Å². The molecule has 0 heterocycles. The molecule has 0 radical (unpaired) electrons. The lowest BCUT2D eigenvalue weighted by Gasteiger charge is -2.19. The lowest BCUT2D eigenvalue weighted by Crippen LogP contribution is -2.33. The fourth-order valence-electron chi connectivity index (χ4n) is 1.90. The summed E-state index contributed by atoms with van der Waals surface area (Å²) in [4.78, 5) is 23.4. The molecule has 0 aliphatic heterocycles. The van der Waals surface area contributed by atoms with Crippen molar-refractivity contribution in [1.29, 1.82) is 0 Å². The number of carbonyl (C=O) groups excluding carboxylic acids is 2. The van der Waals surface area contributed by atoms with Gasteiger partial charge >= 0.3 is 6.09 Å². The summed E-state index contributed by atoms with van der Waals surface area (Å²) in [6.07, 6.45) is 0.468. The molecule has 6 heteroatoms. The largest absolute Gasteiger partial charge is 0.444 e. The number of ether oxygens (including phenoxy) is 1. The summed E-state index contributed by atoms with van der Waals surface area (Å²) in [5.74, 6) is -0.0357. The van der Waals surface area contributed by atoms with E-state index in [9.17, 15) is 9.59 Å². The van der Waals surface area contributed by atoms with Gasteiger partial charge in [0.25, 0.3) is 0 Å². The Morgan fingerprint density at radius 3 is 2.39 bits per heavy atom. The Morgan fingerprint density at radius 2 is 1.83 bits per heavy atom. The molecule has 5 nitrogen and oxygen atoms in total. The van der Waals surface area contributed by atoms with Gasteiger partial charge in [0, 0.05) is 17.4 Å². The van der Waals surface area contributed by atoms with Gasteiger partial charge in [0.05, 0.1) is 6.04 Å². The Kier molecular flexibility index (Phi) is 7.55. The van der Waals surface area contributed by atoms with Crippen molar-refractivity contribution in [3.63, 3.8) is 0 Å². The SMILES string of the molecule is CC(NC(=O)CCCNC(=O)OC(C)(C)C)c1ccc(Br)cc1. The Labute approximate surface area is 146 Å². The van der Waals surface area contributed by atoms with Crippen molar-refractivity contribution >= 4 is 27.9 Å². The first-order chi connectivity index (χ1) is 10.7. The van der Waals surface area contributed by atoms with E-state index in [1.54, 1.807) is 0 Å². The van der Waals surface area contributed by atoms with Crippen LogP contribution in [-0.4, -0.2) is 24.1 Å². The first-order valence-corrected chi connectivity index (χ1v) is 8.48. The normalized spacial score (nSPS) is 12.4. The Hall–Kier alpha value is -1.56. The molecule has 0 spiro atoms. The van der Waals surface area contributed by atoms with Crippen LogP contribution in [-0.2, 0) is 9.53 Å². The first kappa shape index (κ1) is 19.5. The van der Waals surface area contributed by atoms with Crippen LogP contribution in [0.25, 0.3) is 0 Å².